The van der Waals surface area contributed by atoms with E-state index in [0.29, 0.717) is 27.8 Å². The number of carbonyl (C=O) groups is 1. The van der Waals surface area contributed by atoms with E-state index in [1.54, 1.807) is 11.3 Å². The molecule has 0 aliphatic carbocycles. The largest absolute Gasteiger partial charge is 0.369 e. The molecular formula is C23H13Br2N3O2S3. The van der Waals surface area contributed by atoms with Crippen molar-refractivity contribution < 1.29 is 9.90 Å². The predicted molar refractivity (Wildman–Crippen MR) is 142 cm³/mol. The number of fused-ring (bicyclic) bond motifs is 2. The summed E-state index contributed by atoms with van der Waals surface area (Å²) in [5.74, 6) is -0.243. The van der Waals surface area contributed by atoms with E-state index in [0.717, 1.165) is 45.7 Å². The van der Waals surface area contributed by atoms with Gasteiger partial charge in [-0.3, -0.25) is 9.69 Å². The van der Waals surface area contributed by atoms with Gasteiger partial charge < -0.3 is 5.11 Å². The van der Waals surface area contributed by atoms with Crippen LogP contribution < -0.4 is 4.90 Å². The van der Waals surface area contributed by atoms with Crippen LogP contribution >= 0.6 is 66.3 Å². The van der Waals surface area contributed by atoms with Crippen LogP contribution in [0.25, 0.3) is 31.9 Å². The molecule has 5 aromatic rings. The number of hydrogen-bond acceptors (Lipinski definition) is 7. The summed E-state index contributed by atoms with van der Waals surface area (Å²) in [4.78, 5) is 17.2. The lowest BCUT2D eigenvalue weighted by atomic mass is 9.93. The van der Waals surface area contributed by atoms with Gasteiger partial charge in [-0.2, -0.15) is 8.75 Å². The van der Waals surface area contributed by atoms with Crippen molar-refractivity contribution in [3.63, 3.8) is 0 Å². The van der Waals surface area contributed by atoms with Crippen LogP contribution in [0, 0.1) is 6.92 Å². The Bertz CT molecular complexity index is 1560. The van der Waals surface area contributed by atoms with Gasteiger partial charge in [-0.05, 0) is 75.2 Å². The fourth-order valence-corrected chi connectivity index (χ4v) is 7.66. The molecule has 10 heteroatoms. The Labute approximate surface area is 217 Å². The second kappa shape index (κ2) is 8.07. The number of halogens is 2. The maximum absolute atomic E-state index is 14.0. The molecule has 2 aromatic carbocycles. The van der Waals surface area contributed by atoms with Gasteiger partial charge >= 0.3 is 0 Å². The Morgan fingerprint density at radius 1 is 0.848 bits per heavy atom. The zero-order valence-corrected chi connectivity index (χ0v) is 22.5. The number of benzene rings is 2. The zero-order chi connectivity index (χ0) is 22.9. The highest BCUT2D eigenvalue weighted by Crippen LogP contribution is 2.51. The molecule has 0 saturated heterocycles. The molecule has 0 radical (unpaired) electrons. The molecule has 0 bridgehead atoms. The van der Waals surface area contributed by atoms with Crippen molar-refractivity contribution in [1.82, 2.24) is 8.75 Å². The summed E-state index contributed by atoms with van der Waals surface area (Å²) < 4.78 is 11.1. The number of carbonyl (C=O) groups excluding carboxylic acids is 1. The van der Waals surface area contributed by atoms with E-state index in [1.807, 2.05) is 55.5 Å². The van der Waals surface area contributed by atoms with Crippen LogP contribution in [0.3, 0.4) is 0 Å². The highest BCUT2D eigenvalue weighted by Gasteiger charge is 2.43. The minimum absolute atomic E-state index is 0.243. The summed E-state index contributed by atoms with van der Waals surface area (Å²) in [6.45, 7) is 1.99. The molecule has 0 fully saturated rings. The van der Waals surface area contributed by atoms with Gasteiger partial charge in [0.05, 0.1) is 24.9 Å². The summed E-state index contributed by atoms with van der Waals surface area (Å²) >= 11 is 11.3. The van der Waals surface area contributed by atoms with E-state index in [1.165, 1.54) is 16.2 Å². The van der Waals surface area contributed by atoms with Crippen molar-refractivity contribution in [2.45, 2.75) is 13.2 Å². The number of aryl methyl sites for hydroxylation is 1. The van der Waals surface area contributed by atoms with Crippen molar-refractivity contribution in [1.29, 1.82) is 0 Å². The van der Waals surface area contributed by atoms with Crippen molar-refractivity contribution in [3.8, 4) is 20.9 Å². The quantitative estimate of drug-likeness (QED) is 0.226. The highest BCUT2D eigenvalue weighted by molar-refractivity contribution is 9.11. The summed E-state index contributed by atoms with van der Waals surface area (Å²) in [5.41, 5.74) is 5.66. The third-order valence-electron chi connectivity index (χ3n) is 5.64. The first-order valence-corrected chi connectivity index (χ1v) is 13.8. The SMILES string of the molecule is Cc1ccc(N2C(=O)c3c(c(-c4ccc(Br)s4)c4nsnc4c3-c3ccc(Br)s3)C2O)cc1. The number of nitrogens with zero attached hydrogens (tertiary/aromatic N) is 3. The van der Waals surface area contributed by atoms with E-state index in [2.05, 4.69) is 40.6 Å². The molecule has 3 aromatic heterocycles. The Morgan fingerprint density at radius 3 is 2.00 bits per heavy atom. The lowest BCUT2D eigenvalue weighted by Gasteiger charge is -2.21. The Kier molecular flexibility index (Phi) is 5.28. The number of rotatable bonds is 3. The fourth-order valence-electron chi connectivity index (χ4n) is 4.21. The topological polar surface area (TPSA) is 66.3 Å². The van der Waals surface area contributed by atoms with Gasteiger partial charge in [0.1, 0.15) is 11.0 Å². The van der Waals surface area contributed by atoms with Crippen LogP contribution in [0.15, 0.2) is 56.1 Å². The molecule has 1 N–H and O–H groups in total. The lowest BCUT2D eigenvalue weighted by molar-refractivity contribution is 0.0936. The van der Waals surface area contributed by atoms with Crippen molar-refractivity contribution >= 4 is 88.9 Å². The number of hydrogen-bond donors (Lipinski definition) is 1. The Hall–Kier alpha value is -1.95. The molecule has 6 rings (SSSR count). The first kappa shape index (κ1) is 21.6. The molecule has 1 unspecified atom stereocenters. The average Bonchev–Trinajstić information content (AvgIpc) is 3.57. The van der Waals surface area contributed by atoms with Gasteiger partial charge in [0.15, 0.2) is 6.23 Å². The molecule has 1 aliphatic rings. The first-order chi connectivity index (χ1) is 15.9. The van der Waals surface area contributed by atoms with Gasteiger partial charge in [0.25, 0.3) is 5.91 Å². The number of aromatic nitrogens is 2. The van der Waals surface area contributed by atoms with Crippen LogP contribution in [0.2, 0.25) is 0 Å². The normalized spacial score (nSPS) is 15.6. The maximum Gasteiger partial charge on any atom is 0.261 e. The number of aliphatic hydroxyl groups excluding tert-OH is 1. The van der Waals surface area contributed by atoms with Gasteiger partial charge in [0.2, 0.25) is 0 Å². The number of aliphatic hydroxyl groups is 1. The highest BCUT2D eigenvalue weighted by atomic mass is 79.9. The van der Waals surface area contributed by atoms with Gasteiger partial charge in [-0.15, -0.1) is 22.7 Å². The van der Waals surface area contributed by atoms with Crippen LogP contribution in [-0.2, 0) is 0 Å². The van der Waals surface area contributed by atoms with E-state index >= 15 is 0 Å². The molecule has 0 saturated carbocycles. The lowest BCUT2D eigenvalue weighted by Crippen LogP contribution is -2.27. The maximum atomic E-state index is 14.0. The second-order valence-electron chi connectivity index (χ2n) is 7.59. The van der Waals surface area contributed by atoms with Crippen LogP contribution in [0.5, 0.6) is 0 Å². The molecule has 4 heterocycles. The molecule has 1 atom stereocenters. The molecule has 33 heavy (non-hydrogen) atoms. The molecule has 5 nitrogen and oxygen atoms in total. The predicted octanol–water partition coefficient (Wildman–Crippen LogP) is 7.63. The van der Waals surface area contributed by atoms with Crippen LogP contribution in [0.4, 0.5) is 5.69 Å². The van der Waals surface area contributed by atoms with Crippen molar-refractivity contribution in [2.75, 3.05) is 4.90 Å². The molecular weight excluding hydrogens is 606 g/mol. The van der Waals surface area contributed by atoms with Gasteiger partial charge in [-0.1, -0.05) is 17.7 Å². The van der Waals surface area contributed by atoms with E-state index in [-0.39, 0.29) is 5.91 Å². The number of amides is 1. The Balaban J connectivity index is 1.71. The summed E-state index contributed by atoms with van der Waals surface area (Å²) in [5, 5.41) is 11.6. The molecule has 1 amide bonds. The van der Waals surface area contributed by atoms with Gasteiger partial charge in [0, 0.05) is 32.1 Å². The van der Waals surface area contributed by atoms with Gasteiger partial charge in [-0.25, -0.2) is 0 Å². The smallest absolute Gasteiger partial charge is 0.261 e. The monoisotopic (exact) mass is 617 g/mol. The number of thiophene rings is 2. The standard InChI is InChI=1S/C23H13Br2N3O2S3/c1-10-2-4-11(5-3-10)28-22(29)18-16(12-6-8-14(24)31-12)20-21(27-33-26-20)17(19(18)23(28)30)13-7-9-15(25)32-13/h2-9,22,29H,1H3. The van der Waals surface area contributed by atoms with E-state index in [9.17, 15) is 9.90 Å². The summed E-state index contributed by atoms with van der Waals surface area (Å²) in [7, 11) is 0. The average molecular weight is 619 g/mol. The second-order valence-corrected chi connectivity index (χ2v) is 13.0. The Morgan fingerprint density at radius 2 is 1.42 bits per heavy atom. The molecule has 164 valence electrons. The zero-order valence-electron chi connectivity index (χ0n) is 16.9. The summed E-state index contributed by atoms with van der Waals surface area (Å²) in [6.07, 6.45) is -1.14. The first-order valence-electron chi connectivity index (χ1n) is 9.86. The van der Waals surface area contributed by atoms with Crippen molar-refractivity contribution in [2.24, 2.45) is 0 Å². The minimum atomic E-state index is -1.14. The fraction of sp³-hybridized carbons (Fsp3) is 0.0870. The van der Waals surface area contributed by atoms with Crippen LogP contribution in [-0.4, -0.2) is 19.8 Å². The van der Waals surface area contributed by atoms with Crippen LogP contribution in [0.1, 0.15) is 27.7 Å². The van der Waals surface area contributed by atoms with Crippen molar-refractivity contribution in [3.05, 3.63) is 72.8 Å². The van der Waals surface area contributed by atoms with E-state index < -0.39 is 6.23 Å². The number of anilines is 1. The molecule has 0 spiro atoms. The minimum Gasteiger partial charge on any atom is -0.369 e. The third-order valence-corrected chi connectivity index (χ3v) is 9.45. The van der Waals surface area contributed by atoms with E-state index in [4.69, 9.17) is 0 Å². The summed E-state index contributed by atoms with van der Waals surface area (Å²) in [6, 6.07) is 15.5. The third kappa shape index (κ3) is 3.35. The molecule has 1 aliphatic heterocycles.